The molecular formula is C14H20N2O2. The molecule has 0 atom stereocenters. The van der Waals surface area contributed by atoms with Crippen LogP contribution in [0.2, 0.25) is 0 Å². The van der Waals surface area contributed by atoms with Gasteiger partial charge in [0.2, 0.25) is 5.91 Å². The summed E-state index contributed by atoms with van der Waals surface area (Å²) in [6.45, 7) is 6.45. The van der Waals surface area contributed by atoms with E-state index < -0.39 is 5.54 Å². The van der Waals surface area contributed by atoms with Crippen molar-refractivity contribution in [2.45, 2.75) is 19.4 Å². The fraction of sp³-hybridized carbons (Fsp3) is 0.500. The summed E-state index contributed by atoms with van der Waals surface area (Å²) in [7, 11) is 0. The molecule has 1 aromatic rings. The molecule has 1 aromatic carbocycles. The number of carbonyl (C=O) groups is 1. The first kappa shape index (κ1) is 12.9. The zero-order valence-corrected chi connectivity index (χ0v) is 11.0. The predicted molar refractivity (Wildman–Crippen MR) is 71.5 cm³/mol. The number of hydrogen-bond acceptors (Lipinski definition) is 3. The molecule has 1 aliphatic heterocycles. The molecule has 1 heterocycles. The Kier molecular flexibility index (Phi) is 3.87. The van der Waals surface area contributed by atoms with Gasteiger partial charge >= 0.3 is 0 Å². The number of anilines is 1. The van der Waals surface area contributed by atoms with Crippen molar-refractivity contribution in [3.05, 3.63) is 30.3 Å². The second kappa shape index (κ2) is 5.40. The zero-order valence-electron chi connectivity index (χ0n) is 11.0. The maximum absolute atomic E-state index is 12.4. The van der Waals surface area contributed by atoms with Crippen molar-refractivity contribution in [2.24, 2.45) is 0 Å². The zero-order chi connectivity index (χ0) is 13.0. The SMILES string of the molecule is CC(C)(Nc1ccccc1)C(=O)N1CCOCC1. The summed E-state index contributed by atoms with van der Waals surface area (Å²) < 4.78 is 5.27. The highest BCUT2D eigenvalue weighted by Crippen LogP contribution is 2.17. The lowest BCUT2D eigenvalue weighted by Gasteiger charge is -2.35. The second-order valence-electron chi connectivity index (χ2n) is 5.02. The highest BCUT2D eigenvalue weighted by molar-refractivity contribution is 5.88. The van der Waals surface area contributed by atoms with Gasteiger partial charge in [0, 0.05) is 18.8 Å². The van der Waals surface area contributed by atoms with Crippen molar-refractivity contribution < 1.29 is 9.53 Å². The molecule has 0 aromatic heterocycles. The van der Waals surface area contributed by atoms with Gasteiger partial charge in [-0.25, -0.2) is 0 Å². The Labute approximate surface area is 108 Å². The van der Waals surface area contributed by atoms with E-state index in [9.17, 15) is 4.79 Å². The van der Waals surface area contributed by atoms with Crippen molar-refractivity contribution in [3.8, 4) is 0 Å². The number of hydrogen-bond donors (Lipinski definition) is 1. The number of rotatable bonds is 3. The molecule has 0 radical (unpaired) electrons. The minimum absolute atomic E-state index is 0.120. The Hall–Kier alpha value is -1.55. The molecular weight excluding hydrogens is 228 g/mol. The minimum atomic E-state index is -0.599. The fourth-order valence-electron chi connectivity index (χ4n) is 2.10. The van der Waals surface area contributed by atoms with Crippen LogP contribution in [0.1, 0.15) is 13.8 Å². The van der Waals surface area contributed by atoms with Gasteiger partial charge in [-0.05, 0) is 26.0 Å². The summed E-state index contributed by atoms with van der Waals surface area (Å²) in [5.74, 6) is 0.120. The lowest BCUT2D eigenvalue weighted by Crippen LogP contribution is -2.53. The molecule has 2 rings (SSSR count). The predicted octanol–water partition coefficient (Wildman–Crippen LogP) is 1.74. The smallest absolute Gasteiger partial charge is 0.247 e. The Bertz CT molecular complexity index is 398. The summed E-state index contributed by atoms with van der Waals surface area (Å²) in [6, 6.07) is 9.81. The van der Waals surface area contributed by atoms with Crippen LogP contribution in [-0.4, -0.2) is 42.6 Å². The highest BCUT2D eigenvalue weighted by atomic mass is 16.5. The van der Waals surface area contributed by atoms with Crippen molar-refractivity contribution >= 4 is 11.6 Å². The van der Waals surface area contributed by atoms with Crippen LogP contribution in [0.25, 0.3) is 0 Å². The van der Waals surface area contributed by atoms with Crippen molar-refractivity contribution in [2.75, 3.05) is 31.6 Å². The molecule has 1 aliphatic rings. The van der Waals surface area contributed by atoms with Crippen LogP contribution in [-0.2, 0) is 9.53 Å². The van der Waals surface area contributed by atoms with Crippen LogP contribution in [0.5, 0.6) is 0 Å². The molecule has 0 unspecified atom stereocenters. The molecule has 0 spiro atoms. The third kappa shape index (κ3) is 3.01. The highest BCUT2D eigenvalue weighted by Gasteiger charge is 2.32. The summed E-state index contributed by atoms with van der Waals surface area (Å²) in [5, 5.41) is 3.28. The lowest BCUT2D eigenvalue weighted by molar-refractivity contribution is -0.139. The van der Waals surface area contributed by atoms with Gasteiger partial charge in [-0.3, -0.25) is 4.79 Å². The van der Waals surface area contributed by atoms with Crippen LogP contribution in [0, 0.1) is 0 Å². The van der Waals surface area contributed by atoms with E-state index >= 15 is 0 Å². The normalized spacial score (nSPS) is 16.4. The van der Waals surface area contributed by atoms with Gasteiger partial charge in [-0.15, -0.1) is 0 Å². The molecule has 18 heavy (non-hydrogen) atoms. The summed E-state index contributed by atoms with van der Waals surface area (Å²) in [6.07, 6.45) is 0. The van der Waals surface area contributed by atoms with Gasteiger partial charge in [0.15, 0.2) is 0 Å². The van der Waals surface area contributed by atoms with Gasteiger partial charge < -0.3 is 15.0 Å². The number of nitrogens with zero attached hydrogens (tertiary/aromatic N) is 1. The number of nitrogens with one attached hydrogen (secondary N) is 1. The van der Waals surface area contributed by atoms with Gasteiger partial charge in [-0.1, -0.05) is 18.2 Å². The topological polar surface area (TPSA) is 41.6 Å². The first-order valence-corrected chi connectivity index (χ1v) is 6.30. The van der Waals surface area contributed by atoms with Crippen LogP contribution >= 0.6 is 0 Å². The molecule has 0 aliphatic carbocycles. The van der Waals surface area contributed by atoms with Crippen LogP contribution in [0.4, 0.5) is 5.69 Å². The monoisotopic (exact) mass is 248 g/mol. The van der Waals surface area contributed by atoms with Gasteiger partial charge in [0.25, 0.3) is 0 Å². The van der Waals surface area contributed by atoms with E-state index in [1.807, 2.05) is 49.1 Å². The van der Waals surface area contributed by atoms with E-state index in [0.717, 1.165) is 5.69 Å². The first-order valence-electron chi connectivity index (χ1n) is 6.30. The largest absolute Gasteiger partial charge is 0.378 e. The molecule has 0 bridgehead atoms. The number of amides is 1. The molecule has 1 N–H and O–H groups in total. The van der Waals surface area contributed by atoms with Crippen LogP contribution in [0.15, 0.2) is 30.3 Å². The van der Waals surface area contributed by atoms with Gasteiger partial charge in [0.05, 0.1) is 13.2 Å². The Morgan fingerprint density at radius 3 is 2.44 bits per heavy atom. The third-order valence-electron chi connectivity index (χ3n) is 3.06. The molecule has 0 saturated carbocycles. The Morgan fingerprint density at radius 1 is 1.22 bits per heavy atom. The average molecular weight is 248 g/mol. The quantitative estimate of drug-likeness (QED) is 0.886. The van der Waals surface area contributed by atoms with Gasteiger partial charge in [0.1, 0.15) is 5.54 Å². The van der Waals surface area contributed by atoms with E-state index in [0.29, 0.717) is 26.3 Å². The maximum Gasteiger partial charge on any atom is 0.247 e. The third-order valence-corrected chi connectivity index (χ3v) is 3.06. The molecule has 4 heteroatoms. The average Bonchev–Trinajstić information content (AvgIpc) is 2.39. The standard InChI is InChI=1S/C14H20N2O2/c1-14(2,15-12-6-4-3-5-7-12)13(17)16-8-10-18-11-9-16/h3-7,15H,8-11H2,1-2H3. The van der Waals surface area contributed by atoms with E-state index in [2.05, 4.69) is 5.32 Å². The van der Waals surface area contributed by atoms with Gasteiger partial charge in [-0.2, -0.15) is 0 Å². The Balaban J connectivity index is 2.03. The number of benzene rings is 1. The fourth-order valence-corrected chi connectivity index (χ4v) is 2.10. The van der Waals surface area contributed by atoms with Crippen molar-refractivity contribution in [3.63, 3.8) is 0 Å². The van der Waals surface area contributed by atoms with Crippen LogP contribution in [0.3, 0.4) is 0 Å². The molecule has 1 saturated heterocycles. The number of para-hydroxylation sites is 1. The van der Waals surface area contributed by atoms with E-state index in [1.54, 1.807) is 0 Å². The van der Waals surface area contributed by atoms with E-state index in [1.165, 1.54) is 0 Å². The van der Waals surface area contributed by atoms with Crippen molar-refractivity contribution in [1.82, 2.24) is 4.90 Å². The number of morpholine rings is 1. The maximum atomic E-state index is 12.4. The van der Waals surface area contributed by atoms with E-state index in [-0.39, 0.29) is 5.91 Å². The summed E-state index contributed by atoms with van der Waals surface area (Å²) in [5.41, 5.74) is 0.364. The molecule has 4 nitrogen and oxygen atoms in total. The van der Waals surface area contributed by atoms with Crippen LogP contribution < -0.4 is 5.32 Å². The number of ether oxygens (including phenoxy) is 1. The second-order valence-corrected chi connectivity index (χ2v) is 5.02. The molecule has 1 amide bonds. The first-order chi connectivity index (χ1) is 8.59. The lowest BCUT2D eigenvalue weighted by atomic mass is 10.0. The minimum Gasteiger partial charge on any atom is -0.378 e. The number of carbonyl (C=O) groups excluding carboxylic acids is 1. The summed E-state index contributed by atoms with van der Waals surface area (Å²) in [4.78, 5) is 14.3. The van der Waals surface area contributed by atoms with E-state index in [4.69, 9.17) is 4.74 Å². The summed E-state index contributed by atoms with van der Waals surface area (Å²) >= 11 is 0. The van der Waals surface area contributed by atoms with Crippen molar-refractivity contribution in [1.29, 1.82) is 0 Å². The molecule has 1 fully saturated rings. The Morgan fingerprint density at radius 2 is 1.83 bits per heavy atom. The molecule has 98 valence electrons.